The predicted molar refractivity (Wildman–Crippen MR) is 112 cm³/mol. The Morgan fingerprint density at radius 3 is 2.71 bits per heavy atom. The largest absolute Gasteiger partial charge is 0.491 e. The van der Waals surface area contributed by atoms with Crippen molar-refractivity contribution in [2.75, 3.05) is 26.2 Å². The maximum Gasteiger partial charge on any atom is 0.317 e. The van der Waals surface area contributed by atoms with Gasteiger partial charge < -0.3 is 19.9 Å². The summed E-state index contributed by atoms with van der Waals surface area (Å²) in [6.07, 6.45) is 4.12. The summed E-state index contributed by atoms with van der Waals surface area (Å²) in [5, 5.41) is 4.28. The van der Waals surface area contributed by atoms with Crippen molar-refractivity contribution in [1.29, 1.82) is 0 Å². The number of nitrogens with zero attached hydrogens (tertiary/aromatic N) is 1. The van der Waals surface area contributed by atoms with Gasteiger partial charge in [0.25, 0.3) is 0 Å². The van der Waals surface area contributed by atoms with Crippen LogP contribution in [0.15, 0.2) is 54.7 Å². The lowest BCUT2D eigenvalue weighted by atomic mass is 9.89. The number of aromatic nitrogens is 1. The molecule has 1 aromatic heterocycles. The van der Waals surface area contributed by atoms with Crippen molar-refractivity contribution >= 4 is 16.9 Å². The molecule has 1 aliphatic rings. The summed E-state index contributed by atoms with van der Waals surface area (Å²) in [5.74, 6) is 1.38. The lowest BCUT2D eigenvalue weighted by Gasteiger charge is -2.32. The Hall–Kier alpha value is -2.95. The van der Waals surface area contributed by atoms with E-state index in [-0.39, 0.29) is 6.03 Å². The minimum absolute atomic E-state index is 0.00533. The van der Waals surface area contributed by atoms with Crippen molar-refractivity contribution in [3.05, 3.63) is 65.9 Å². The average molecular weight is 377 g/mol. The Balaban J connectivity index is 1.23. The molecule has 5 nitrogen and oxygen atoms in total. The smallest absolute Gasteiger partial charge is 0.317 e. The second kappa shape index (κ2) is 8.38. The number of aryl methyl sites for hydroxylation is 1. The molecule has 1 fully saturated rings. The number of ether oxygens (including phenoxy) is 1. The number of H-pyrrole nitrogens is 1. The number of hydrogen-bond donors (Lipinski definition) is 2. The van der Waals surface area contributed by atoms with Gasteiger partial charge in [-0.1, -0.05) is 36.4 Å². The minimum Gasteiger partial charge on any atom is -0.491 e. The van der Waals surface area contributed by atoms with Gasteiger partial charge >= 0.3 is 6.03 Å². The molecule has 2 amide bonds. The van der Waals surface area contributed by atoms with Crippen LogP contribution in [-0.2, 0) is 0 Å². The van der Waals surface area contributed by atoms with Gasteiger partial charge in [0.1, 0.15) is 12.4 Å². The van der Waals surface area contributed by atoms with Gasteiger partial charge in [0, 0.05) is 30.2 Å². The van der Waals surface area contributed by atoms with Crippen LogP contribution in [0.1, 0.15) is 29.9 Å². The lowest BCUT2D eigenvalue weighted by Crippen LogP contribution is -2.45. The topological polar surface area (TPSA) is 57.4 Å². The van der Waals surface area contributed by atoms with E-state index >= 15 is 0 Å². The van der Waals surface area contributed by atoms with Crippen molar-refractivity contribution in [2.45, 2.75) is 25.7 Å². The summed E-state index contributed by atoms with van der Waals surface area (Å²) in [4.78, 5) is 17.7. The fourth-order valence-corrected chi connectivity index (χ4v) is 3.97. The third kappa shape index (κ3) is 3.98. The van der Waals surface area contributed by atoms with Crippen molar-refractivity contribution in [1.82, 2.24) is 15.2 Å². The number of aromatic amines is 1. The number of rotatable bonds is 5. The number of benzene rings is 2. The van der Waals surface area contributed by atoms with Crippen LogP contribution in [0.4, 0.5) is 4.79 Å². The summed E-state index contributed by atoms with van der Waals surface area (Å²) in [6.45, 7) is 4.58. The fraction of sp³-hybridized carbons (Fsp3) is 0.348. The molecule has 0 unspecified atom stereocenters. The molecular formula is C23H27N3O2. The number of urea groups is 1. The highest BCUT2D eigenvalue weighted by Gasteiger charge is 2.25. The molecule has 2 heterocycles. The zero-order valence-electron chi connectivity index (χ0n) is 16.3. The fourth-order valence-electron chi connectivity index (χ4n) is 3.97. The lowest BCUT2D eigenvalue weighted by molar-refractivity contribution is 0.179. The second-order valence-electron chi connectivity index (χ2n) is 7.40. The Labute approximate surface area is 165 Å². The van der Waals surface area contributed by atoms with Crippen LogP contribution >= 0.6 is 0 Å². The van der Waals surface area contributed by atoms with E-state index in [4.69, 9.17) is 4.74 Å². The van der Waals surface area contributed by atoms with Gasteiger partial charge in [-0.2, -0.15) is 0 Å². The van der Waals surface area contributed by atoms with E-state index in [1.807, 2.05) is 36.1 Å². The Morgan fingerprint density at radius 1 is 1.14 bits per heavy atom. The van der Waals surface area contributed by atoms with E-state index in [0.717, 1.165) is 37.2 Å². The number of hydrogen-bond acceptors (Lipinski definition) is 2. The van der Waals surface area contributed by atoms with Gasteiger partial charge in [0.05, 0.1) is 6.54 Å². The van der Waals surface area contributed by atoms with Crippen LogP contribution in [0.5, 0.6) is 5.75 Å². The first-order valence-electron chi connectivity index (χ1n) is 9.99. The van der Waals surface area contributed by atoms with E-state index in [0.29, 0.717) is 19.1 Å². The molecule has 3 aromatic rings. The number of carbonyl (C=O) groups excluding carboxylic acids is 1. The monoisotopic (exact) mass is 377 g/mol. The van der Waals surface area contributed by atoms with Crippen molar-refractivity contribution in [2.24, 2.45) is 0 Å². The van der Waals surface area contributed by atoms with E-state index < -0.39 is 0 Å². The quantitative estimate of drug-likeness (QED) is 0.646. The molecule has 28 heavy (non-hydrogen) atoms. The minimum atomic E-state index is 0.00533. The van der Waals surface area contributed by atoms with E-state index in [1.165, 1.54) is 16.5 Å². The molecule has 0 aliphatic carbocycles. The molecule has 1 saturated heterocycles. The maximum absolute atomic E-state index is 12.4. The summed E-state index contributed by atoms with van der Waals surface area (Å²) >= 11 is 0. The summed E-state index contributed by atoms with van der Waals surface area (Å²) in [6, 6.07) is 16.3. The SMILES string of the molecule is Cc1ccccc1OCCNC(=O)N1CCC(c2c[nH]c3ccccc23)CC1. The Bertz CT molecular complexity index is 942. The molecule has 5 heteroatoms. The normalized spacial score (nSPS) is 15.0. The molecule has 0 bridgehead atoms. The second-order valence-corrected chi connectivity index (χ2v) is 7.40. The maximum atomic E-state index is 12.4. The number of para-hydroxylation sites is 2. The summed E-state index contributed by atoms with van der Waals surface area (Å²) < 4.78 is 5.74. The summed E-state index contributed by atoms with van der Waals surface area (Å²) in [5.41, 5.74) is 3.67. The molecular weight excluding hydrogens is 350 g/mol. The van der Waals surface area contributed by atoms with Gasteiger partial charge in [-0.15, -0.1) is 0 Å². The molecule has 0 radical (unpaired) electrons. The molecule has 1 aliphatic heterocycles. The number of likely N-dealkylation sites (tertiary alicyclic amines) is 1. The van der Waals surface area contributed by atoms with Gasteiger partial charge in [0.2, 0.25) is 0 Å². The number of amides is 2. The molecule has 0 saturated carbocycles. The molecule has 0 spiro atoms. The zero-order chi connectivity index (χ0) is 19.3. The summed E-state index contributed by atoms with van der Waals surface area (Å²) in [7, 11) is 0. The highest BCUT2D eigenvalue weighted by atomic mass is 16.5. The highest BCUT2D eigenvalue weighted by molar-refractivity contribution is 5.83. The number of carbonyl (C=O) groups is 1. The third-order valence-electron chi connectivity index (χ3n) is 5.57. The number of nitrogens with one attached hydrogen (secondary N) is 2. The van der Waals surface area contributed by atoms with Gasteiger partial charge in [0.15, 0.2) is 0 Å². The van der Waals surface area contributed by atoms with Crippen LogP contribution in [-0.4, -0.2) is 42.2 Å². The molecule has 146 valence electrons. The van der Waals surface area contributed by atoms with Crippen molar-refractivity contribution < 1.29 is 9.53 Å². The Morgan fingerprint density at radius 2 is 1.89 bits per heavy atom. The standard InChI is InChI=1S/C23H27N3O2/c1-17-6-2-5-9-22(17)28-15-12-24-23(27)26-13-10-18(11-14-26)20-16-25-21-8-4-3-7-19(20)21/h2-9,16,18,25H,10-15H2,1H3,(H,24,27). The van der Waals surface area contributed by atoms with Crippen LogP contribution in [0.25, 0.3) is 10.9 Å². The van der Waals surface area contributed by atoms with Gasteiger partial charge in [-0.05, 0) is 48.9 Å². The zero-order valence-corrected chi connectivity index (χ0v) is 16.3. The first-order chi connectivity index (χ1) is 13.7. The predicted octanol–water partition coefficient (Wildman–Crippen LogP) is 4.44. The number of fused-ring (bicyclic) bond motifs is 1. The first-order valence-corrected chi connectivity index (χ1v) is 9.99. The van der Waals surface area contributed by atoms with Crippen molar-refractivity contribution in [3.63, 3.8) is 0 Å². The van der Waals surface area contributed by atoms with Gasteiger partial charge in [-0.25, -0.2) is 4.79 Å². The molecule has 2 aromatic carbocycles. The van der Waals surface area contributed by atoms with E-state index in [1.54, 1.807) is 0 Å². The van der Waals surface area contributed by atoms with E-state index in [9.17, 15) is 4.79 Å². The molecule has 4 rings (SSSR count). The molecule has 2 N–H and O–H groups in total. The van der Waals surface area contributed by atoms with Crippen LogP contribution in [0.2, 0.25) is 0 Å². The number of piperidine rings is 1. The molecule has 0 atom stereocenters. The van der Waals surface area contributed by atoms with Crippen LogP contribution in [0, 0.1) is 6.92 Å². The van der Waals surface area contributed by atoms with Crippen LogP contribution in [0.3, 0.4) is 0 Å². The van der Waals surface area contributed by atoms with Gasteiger partial charge in [-0.3, -0.25) is 0 Å². The van der Waals surface area contributed by atoms with Crippen molar-refractivity contribution in [3.8, 4) is 5.75 Å². The Kier molecular flexibility index (Phi) is 5.51. The average Bonchev–Trinajstić information content (AvgIpc) is 3.16. The van der Waals surface area contributed by atoms with Crippen LogP contribution < -0.4 is 10.1 Å². The third-order valence-corrected chi connectivity index (χ3v) is 5.57. The van der Waals surface area contributed by atoms with E-state index in [2.05, 4.69) is 40.8 Å². The highest BCUT2D eigenvalue weighted by Crippen LogP contribution is 2.33. The first kappa shape index (κ1) is 18.4.